The molecule has 0 aliphatic carbocycles. The number of halogens is 1. The van der Waals surface area contributed by atoms with Crippen LogP contribution < -0.4 is 4.74 Å². The molecule has 0 aromatic heterocycles. The number of benzene rings is 1. The summed E-state index contributed by atoms with van der Waals surface area (Å²) in [6.07, 6.45) is -0.335. The van der Waals surface area contributed by atoms with E-state index in [-0.39, 0.29) is 6.09 Å². The number of hydrogen-bond donors (Lipinski definition) is 0. The molecule has 1 aromatic carbocycles. The number of hydrogen-bond acceptors (Lipinski definition) is 4. The van der Waals surface area contributed by atoms with E-state index >= 15 is 0 Å². The van der Waals surface area contributed by atoms with Crippen molar-refractivity contribution < 1.29 is 19.0 Å². The highest BCUT2D eigenvalue weighted by Crippen LogP contribution is 2.23. The monoisotopic (exact) mass is 435 g/mol. The first-order valence-corrected chi connectivity index (χ1v) is 8.72. The van der Waals surface area contributed by atoms with Crippen LogP contribution in [0.2, 0.25) is 0 Å². The van der Waals surface area contributed by atoms with Crippen molar-refractivity contribution in [1.82, 2.24) is 4.90 Å². The maximum atomic E-state index is 12.3. The van der Waals surface area contributed by atoms with Gasteiger partial charge in [0.15, 0.2) is 0 Å². The van der Waals surface area contributed by atoms with E-state index in [4.69, 9.17) is 14.2 Å². The highest BCUT2D eigenvalue weighted by Gasteiger charge is 2.22. The summed E-state index contributed by atoms with van der Waals surface area (Å²) in [7, 11) is 1.62. The quantitative estimate of drug-likeness (QED) is 0.606. The van der Waals surface area contributed by atoms with Crippen LogP contribution in [0.5, 0.6) is 5.75 Å². The average Bonchev–Trinajstić information content (AvgIpc) is 2.44. The van der Waals surface area contributed by atoms with E-state index in [0.717, 1.165) is 14.9 Å². The Labute approximate surface area is 152 Å². The van der Waals surface area contributed by atoms with Crippen molar-refractivity contribution >= 4 is 28.7 Å². The van der Waals surface area contributed by atoms with E-state index in [1.165, 1.54) is 0 Å². The van der Waals surface area contributed by atoms with Gasteiger partial charge in [0.1, 0.15) is 11.4 Å². The normalized spacial score (nSPS) is 11.2. The highest BCUT2D eigenvalue weighted by molar-refractivity contribution is 14.1. The van der Waals surface area contributed by atoms with Crippen molar-refractivity contribution in [2.75, 3.05) is 26.9 Å². The topological polar surface area (TPSA) is 48.0 Å². The van der Waals surface area contributed by atoms with Gasteiger partial charge in [-0.15, -0.1) is 0 Å². The van der Waals surface area contributed by atoms with E-state index in [1.807, 2.05) is 45.9 Å². The highest BCUT2D eigenvalue weighted by atomic mass is 127. The van der Waals surface area contributed by atoms with Gasteiger partial charge in [0.25, 0.3) is 0 Å². The molecule has 0 aliphatic heterocycles. The van der Waals surface area contributed by atoms with Crippen molar-refractivity contribution in [3.8, 4) is 5.75 Å². The first-order chi connectivity index (χ1) is 10.8. The molecule has 5 nitrogen and oxygen atoms in total. The van der Waals surface area contributed by atoms with Crippen LogP contribution in [0.15, 0.2) is 18.2 Å². The minimum Gasteiger partial charge on any atom is -0.493 e. The Morgan fingerprint density at radius 3 is 2.52 bits per heavy atom. The van der Waals surface area contributed by atoms with Crippen LogP contribution in [0.4, 0.5) is 4.79 Å². The molecule has 0 atom stereocenters. The molecule has 0 unspecified atom stereocenters. The van der Waals surface area contributed by atoms with Gasteiger partial charge >= 0.3 is 6.09 Å². The Morgan fingerprint density at radius 1 is 1.30 bits per heavy atom. The van der Waals surface area contributed by atoms with Crippen molar-refractivity contribution in [2.45, 2.75) is 39.8 Å². The Morgan fingerprint density at radius 2 is 2.00 bits per heavy atom. The van der Waals surface area contributed by atoms with Gasteiger partial charge in [0.2, 0.25) is 0 Å². The lowest BCUT2D eigenvalue weighted by Gasteiger charge is -2.27. The summed E-state index contributed by atoms with van der Waals surface area (Å²) < 4.78 is 17.1. The minimum atomic E-state index is -0.518. The molecular weight excluding hydrogens is 409 g/mol. The molecule has 0 aliphatic rings. The maximum Gasteiger partial charge on any atom is 0.410 e. The van der Waals surface area contributed by atoms with E-state index < -0.39 is 5.60 Å². The van der Waals surface area contributed by atoms with Crippen molar-refractivity contribution in [3.63, 3.8) is 0 Å². The Hall–Kier alpha value is -1.02. The summed E-state index contributed by atoms with van der Waals surface area (Å²) in [6, 6.07) is 5.93. The third-order valence-electron chi connectivity index (χ3n) is 2.89. The second-order valence-corrected chi connectivity index (χ2v) is 7.25. The molecule has 1 amide bonds. The van der Waals surface area contributed by atoms with Crippen LogP contribution in [0.25, 0.3) is 0 Å². The SMILES string of the molecule is CCOc1ccc(CN(CCOC)C(=O)OC(C)(C)C)cc1I. The lowest BCUT2D eigenvalue weighted by molar-refractivity contribution is 0.0184. The van der Waals surface area contributed by atoms with Crippen LogP contribution in [0.1, 0.15) is 33.3 Å². The molecule has 0 radical (unpaired) electrons. The third-order valence-corrected chi connectivity index (χ3v) is 3.73. The van der Waals surface area contributed by atoms with Crippen LogP contribution in [0.3, 0.4) is 0 Å². The zero-order valence-electron chi connectivity index (χ0n) is 14.5. The molecule has 1 aromatic rings. The number of rotatable bonds is 7. The fraction of sp³-hybridized carbons (Fsp3) is 0.588. The van der Waals surface area contributed by atoms with Crippen molar-refractivity contribution in [3.05, 3.63) is 27.3 Å². The molecular formula is C17H26INO4. The van der Waals surface area contributed by atoms with Crippen LogP contribution in [0, 0.1) is 3.57 Å². The first kappa shape index (κ1) is 20.0. The molecule has 1 rings (SSSR count). The predicted molar refractivity (Wildman–Crippen MR) is 98.8 cm³/mol. The summed E-state index contributed by atoms with van der Waals surface area (Å²) in [4.78, 5) is 14.0. The molecule has 23 heavy (non-hydrogen) atoms. The largest absolute Gasteiger partial charge is 0.493 e. The van der Waals surface area contributed by atoms with Crippen LogP contribution >= 0.6 is 22.6 Å². The number of carbonyl (C=O) groups excluding carboxylic acids is 1. The van der Waals surface area contributed by atoms with Gasteiger partial charge in [0, 0.05) is 20.2 Å². The lowest BCUT2D eigenvalue weighted by atomic mass is 10.2. The van der Waals surface area contributed by atoms with Crippen molar-refractivity contribution in [1.29, 1.82) is 0 Å². The van der Waals surface area contributed by atoms with Gasteiger partial charge in [0.05, 0.1) is 16.8 Å². The van der Waals surface area contributed by atoms with Gasteiger partial charge in [-0.05, 0) is 68.0 Å². The van der Waals surface area contributed by atoms with Crippen LogP contribution in [-0.2, 0) is 16.0 Å². The number of carbonyl (C=O) groups is 1. The molecule has 0 heterocycles. The molecule has 0 bridgehead atoms. The third kappa shape index (κ3) is 7.39. The molecule has 6 heteroatoms. The molecule has 130 valence electrons. The van der Waals surface area contributed by atoms with E-state index in [2.05, 4.69) is 22.6 Å². The van der Waals surface area contributed by atoms with Crippen molar-refractivity contribution in [2.24, 2.45) is 0 Å². The second-order valence-electron chi connectivity index (χ2n) is 6.09. The predicted octanol–water partition coefficient (Wildman–Crippen LogP) is 4.07. The minimum absolute atomic E-state index is 0.335. The Bertz CT molecular complexity index is 514. The van der Waals surface area contributed by atoms with E-state index in [1.54, 1.807) is 12.0 Å². The lowest BCUT2D eigenvalue weighted by Crippen LogP contribution is -2.38. The molecule has 0 spiro atoms. The summed E-state index contributed by atoms with van der Waals surface area (Å²) in [5, 5.41) is 0. The zero-order chi connectivity index (χ0) is 17.5. The van der Waals surface area contributed by atoms with Gasteiger partial charge in [-0.3, -0.25) is 0 Å². The average molecular weight is 435 g/mol. The van der Waals surface area contributed by atoms with Gasteiger partial charge in [-0.1, -0.05) is 6.07 Å². The number of amides is 1. The Kier molecular flexibility index (Phi) is 8.11. The maximum absolute atomic E-state index is 12.3. The van der Waals surface area contributed by atoms with E-state index in [9.17, 15) is 4.79 Å². The fourth-order valence-electron chi connectivity index (χ4n) is 1.90. The second kappa shape index (κ2) is 9.32. The first-order valence-electron chi connectivity index (χ1n) is 7.65. The number of methoxy groups -OCH3 is 1. The zero-order valence-corrected chi connectivity index (χ0v) is 16.7. The molecule has 0 saturated heterocycles. The Balaban J connectivity index is 2.84. The fourth-order valence-corrected chi connectivity index (χ4v) is 2.63. The summed E-state index contributed by atoms with van der Waals surface area (Å²) in [5.41, 5.74) is 0.509. The summed E-state index contributed by atoms with van der Waals surface area (Å²) in [5.74, 6) is 0.859. The standard InChI is InChI=1S/C17H26INO4/c1-6-22-15-8-7-13(11-14(15)18)12-19(9-10-21-5)16(20)23-17(2,3)4/h7-8,11H,6,9-10,12H2,1-5H3. The molecule has 0 saturated carbocycles. The molecule has 0 fully saturated rings. The number of nitrogens with zero attached hydrogens (tertiary/aromatic N) is 1. The smallest absolute Gasteiger partial charge is 0.410 e. The van der Waals surface area contributed by atoms with E-state index in [0.29, 0.717) is 26.3 Å². The van der Waals surface area contributed by atoms with Gasteiger partial charge in [-0.2, -0.15) is 0 Å². The summed E-state index contributed by atoms with van der Waals surface area (Å²) in [6.45, 7) is 9.59. The van der Waals surface area contributed by atoms with Gasteiger partial charge < -0.3 is 19.1 Å². The summed E-state index contributed by atoms with van der Waals surface area (Å²) >= 11 is 2.24. The number of ether oxygens (including phenoxy) is 3. The van der Waals surface area contributed by atoms with Crippen LogP contribution in [-0.4, -0.2) is 43.5 Å². The molecule has 0 N–H and O–H groups in total. The van der Waals surface area contributed by atoms with Gasteiger partial charge in [-0.25, -0.2) is 4.79 Å².